The number of rotatable bonds is 7. The molecule has 3 heterocycles. The fourth-order valence-corrected chi connectivity index (χ4v) is 5.17. The zero-order valence-electron chi connectivity index (χ0n) is 20.6. The Morgan fingerprint density at radius 2 is 1.94 bits per heavy atom. The summed E-state index contributed by atoms with van der Waals surface area (Å²) in [6.07, 6.45) is 5.36. The molecule has 1 aromatic carbocycles. The van der Waals surface area contributed by atoms with Crippen molar-refractivity contribution < 1.29 is 19.1 Å². The zero-order chi connectivity index (χ0) is 25.1. The van der Waals surface area contributed by atoms with Crippen molar-refractivity contribution >= 4 is 17.7 Å². The van der Waals surface area contributed by atoms with E-state index in [0.29, 0.717) is 38.2 Å². The van der Waals surface area contributed by atoms with Gasteiger partial charge in [-0.05, 0) is 49.1 Å². The van der Waals surface area contributed by atoms with Gasteiger partial charge in [0, 0.05) is 57.6 Å². The summed E-state index contributed by atoms with van der Waals surface area (Å²) >= 11 is 0. The molecule has 0 spiro atoms. The van der Waals surface area contributed by atoms with Gasteiger partial charge in [-0.2, -0.15) is 0 Å². The molecular weight excluding hydrogens is 458 g/mol. The van der Waals surface area contributed by atoms with E-state index in [0.717, 1.165) is 37.2 Å². The van der Waals surface area contributed by atoms with Gasteiger partial charge in [-0.25, -0.2) is 0 Å². The number of benzene rings is 1. The maximum atomic E-state index is 13.6. The van der Waals surface area contributed by atoms with E-state index in [-0.39, 0.29) is 29.7 Å². The van der Waals surface area contributed by atoms with Gasteiger partial charge in [-0.3, -0.25) is 19.4 Å². The Kier molecular flexibility index (Phi) is 7.18. The predicted octanol–water partition coefficient (Wildman–Crippen LogP) is 1.54. The van der Waals surface area contributed by atoms with Crippen LogP contribution >= 0.6 is 0 Å². The molecule has 9 nitrogen and oxygen atoms in total. The second kappa shape index (κ2) is 10.7. The highest BCUT2D eigenvalue weighted by molar-refractivity contribution is 5.98. The number of piperazine rings is 1. The van der Waals surface area contributed by atoms with Crippen LogP contribution in [0.1, 0.15) is 35.2 Å². The van der Waals surface area contributed by atoms with Crippen molar-refractivity contribution in [2.75, 3.05) is 39.8 Å². The minimum atomic E-state index is -0.611. The van der Waals surface area contributed by atoms with Crippen molar-refractivity contribution in [2.45, 2.75) is 37.9 Å². The van der Waals surface area contributed by atoms with Crippen molar-refractivity contribution in [1.82, 2.24) is 25.0 Å². The summed E-state index contributed by atoms with van der Waals surface area (Å²) in [5.74, 6) is 0.599. The molecule has 36 heavy (non-hydrogen) atoms. The predicted molar refractivity (Wildman–Crippen MR) is 133 cm³/mol. The van der Waals surface area contributed by atoms with Gasteiger partial charge in [-0.15, -0.1) is 0 Å². The number of aromatic nitrogens is 1. The Hall–Kier alpha value is -3.46. The lowest BCUT2D eigenvalue weighted by atomic mass is 10.1. The van der Waals surface area contributed by atoms with E-state index >= 15 is 0 Å². The van der Waals surface area contributed by atoms with Crippen LogP contribution in [0.4, 0.5) is 0 Å². The molecule has 5 rings (SSSR count). The smallest absolute Gasteiger partial charge is 0.256 e. The standard InChI is InChI=1S/C27H33N5O4/c1-36-23-6-2-4-19(14-23)17-31(25(33)20-7-8-20)22-15-24(27(35)30-12-10-28-11-13-30)32(18-22)26(34)21-5-3-9-29-16-21/h2-6,9,14,16,20,22,24,28H,7-8,10-13,15,17-18H2,1H3. The van der Waals surface area contributed by atoms with E-state index in [1.165, 1.54) is 6.20 Å². The highest BCUT2D eigenvalue weighted by Crippen LogP contribution is 2.35. The highest BCUT2D eigenvalue weighted by Gasteiger charge is 2.46. The molecule has 2 atom stereocenters. The van der Waals surface area contributed by atoms with Crippen LogP contribution in [0.5, 0.6) is 5.75 Å². The average Bonchev–Trinajstić information content (AvgIpc) is 3.70. The largest absolute Gasteiger partial charge is 0.497 e. The third kappa shape index (κ3) is 5.21. The first-order valence-electron chi connectivity index (χ1n) is 12.7. The summed E-state index contributed by atoms with van der Waals surface area (Å²) < 4.78 is 5.38. The van der Waals surface area contributed by atoms with E-state index in [9.17, 15) is 14.4 Å². The number of hydrogen-bond donors (Lipinski definition) is 1. The van der Waals surface area contributed by atoms with E-state index in [1.54, 1.807) is 30.3 Å². The molecule has 2 aliphatic heterocycles. The first-order chi connectivity index (χ1) is 17.5. The summed E-state index contributed by atoms with van der Waals surface area (Å²) in [4.78, 5) is 50.1. The van der Waals surface area contributed by atoms with Crippen LogP contribution < -0.4 is 10.1 Å². The van der Waals surface area contributed by atoms with Gasteiger partial charge in [0.05, 0.1) is 18.7 Å². The molecule has 2 aromatic rings. The Bertz CT molecular complexity index is 1100. The fourth-order valence-electron chi connectivity index (χ4n) is 5.17. The van der Waals surface area contributed by atoms with Gasteiger partial charge in [0.2, 0.25) is 11.8 Å². The van der Waals surface area contributed by atoms with Crippen molar-refractivity contribution in [3.05, 3.63) is 59.9 Å². The Balaban J connectivity index is 1.43. The van der Waals surface area contributed by atoms with Crippen LogP contribution in [0.15, 0.2) is 48.8 Å². The van der Waals surface area contributed by atoms with Crippen LogP contribution in [0.25, 0.3) is 0 Å². The number of carbonyl (C=O) groups excluding carboxylic acids is 3. The lowest BCUT2D eigenvalue weighted by Gasteiger charge is -2.32. The molecule has 0 bridgehead atoms. The maximum Gasteiger partial charge on any atom is 0.256 e. The molecule has 1 N–H and O–H groups in total. The van der Waals surface area contributed by atoms with Crippen molar-refractivity contribution in [3.63, 3.8) is 0 Å². The SMILES string of the molecule is COc1cccc(CN(C(=O)C2CC2)C2CC(C(=O)N3CCNCC3)N(C(=O)c3cccnc3)C2)c1. The summed E-state index contributed by atoms with van der Waals surface area (Å²) in [6.45, 7) is 3.44. The molecule has 9 heteroatoms. The Morgan fingerprint density at radius 3 is 2.64 bits per heavy atom. The Morgan fingerprint density at radius 1 is 1.14 bits per heavy atom. The quantitative estimate of drug-likeness (QED) is 0.632. The molecule has 2 saturated heterocycles. The molecule has 1 aromatic heterocycles. The lowest BCUT2D eigenvalue weighted by Crippen LogP contribution is -2.53. The number of carbonyl (C=O) groups is 3. The van der Waals surface area contributed by atoms with Crippen molar-refractivity contribution in [1.29, 1.82) is 0 Å². The molecule has 3 fully saturated rings. The number of nitrogens with one attached hydrogen (secondary N) is 1. The summed E-state index contributed by atoms with van der Waals surface area (Å²) in [5, 5.41) is 3.27. The first kappa shape index (κ1) is 24.2. The molecule has 3 amide bonds. The monoisotopic (exact) mass is 491 g/mol. The average molecular weight is 492 g/mol. The molecule has 1 aliphatic carbocycles. The maximum absolute atomic E-state index is 13.6. The minimum absolute atomic E-state index is 0.0287. The minimum Gasteiger partial charge on any atom is -0.497 e. The van der Waals surface area contributed by atoms with Crippen molar-refractivity contribution in [3.8, 4) is 5.75 Å². The molecule has 3 aliphatic rings. The summed E-state index contributed by atoms with van der Waals surface area (Å²) in [6, 6.07) is 10.3. The number of ether oxygens (including phenoxy) is 1. The zero-order valence-corrected chi connectivity index (χ0v) is 20.6. The summed E-state index contributed by atoms with van der Waals surface area (Å²) in [7, 11) is 1.62. The van der Waals surface area contributed by atoms with Gasteiger partial charge in [0.1, 0.15) is 11.8 Å². The number of amides is 3. The van der Waals surface area contributed by atoms with Gasteiger partial charge in [0.15, 0.2) is 0 Å². The van der Waals surface area contributed by atoms with Crippen LogP contribution in [-0.4, -0.2) is 89.3 Å². The van der Waals surface area contributed by atoms with E-state index in [2.05, 4.69) is 10.3 Å². The number of hydrogen-bond acceptors (Lipinski definition) is 6. The number of pyridine rings is 1. The molecular formula is C27H33N5O4. The van der Waals surface area contributed by atoms with Gasteiger partial charge in [-0.1, -0.05) is 12.1 Å². The van der Waals surface area contributed by atoms with Crippen molar-refractivity contribution in [2.24, 2.45) is 5.92 Å². The second-order valence-corrected chi connectivity index (χ2v) is 9.77. The fraction of sp³-hybridized carbons (Fsp3) is 0.481. The molecule has 2 unspecified atom stereocenters. The summed E-state index contributed by atoms with van der Waals surface area (Å²) in [5.41, 5.74) is 1.41. The number of likely N-dealkylation sites (tertiary alicyclic amines) is 1. The van der Waals surface area contributed by atoms with Gasteiger partial charge >= 0.3 is 0 Å². The third-order valence-electron chi connectivity index (χ3n) is 7.30. The topological polar surface area (TPSA) is 95.1 Å². The Labute approximate surface area is 211 Å². The molecule has 0 radical (unpaired) electrons. The first-order valence-corrected chi connectivity index (χ1v) is 12.7. The third-order valence-corrected chi connectivity index (χ3v) is 7.30. The molecule has 190 valence electrons. The van der Waals surface area contributed by atoms with E-state index in [4.69, 9.17) is 4.74 Å². The molecule has 1 saturated carbocycles. The van der Waals surface area contributed by atoms with Gasteiger partial charge < -0.3 is 24.8 Å². The normalized spacial score (nSPS) is 21.8. The van der Waals surface area contributed by atoms with E-state index in [1.807, 2.05) is 34.1 Å². The number of methoxy groups -OCH3 is 1. The van der Waals surface area contributed by atoms with Crippen LogP contribution in [0, 0.1) is 5.92 Å². The van der Waals surface area contributed by atoms with Crippen LogP contribution in [0.2, 0.25) is 0 Å². The highest BCUT2D eigenvalue weighted by atomic mass is 16.5. The number of nitrogens with zero attached hydrogens (tertiary/aromatic N) is 4. The lowest BCUT2D eigenvalue weighted by molar-refractivity contribution is -0.137. The van der Waals surface area contributed by atoms with Crippen LogP contribution in [-0.2, 0) is 16.1 Å². The second-order valence-electron chi connectivity index (χ2n) is 9.77. The van der Waals surface area contributed by atoms with Gasteiger partial charge in [0.25, 0.3) is 5.91 Å². The van der Waals surface area contributed by atoms with Crippen LogP contribution in [0.3, 0.4) is 0 Å². The van der Waals surface area contributed by atoms with E-state index < -0.39 is 6.04 Å².